The lowest BCUT2D eigenvalue weighted by molar-refractivity contribution is -0.0421. The van der Waals surface area contributed by atoms with Gasteiger partial charge in [0.15, 0.2) is 0 Å². The molecular weight excluding hydrogens is 594 g/mol. The van der Waals surface area contributed by atoms with Gasteiger partial charge in [-0.3, -0.25) is 14.6 Å². The number of carboxylic acid groups (broad SMARTS) is 1. The molecule has 11 nitrogen and oxygen atoms in total. The Labute approximate surface area is 263 Å². The molecule has 1 aliphatic heterocycles. The van der Waals surface area contributed by atoms with Crippen molar-refractivity contribution in [2.75, 3.05) is 23.7 Å². The SMILES string of the molecule is CC1(C)OC[C@H](CCc2ccc(NS(=O)(=O)c3cccc4cnccc34)cc2)N1C(=O)O.Nc1ccc(CC[C@H](N)CO)cc1. The first-order chi connectivity index (χ1) is 21.4. The van der Waals surface area contributed by atoms with Crippen molar-refractivity contribution in [3.63, 3.8) is 0 Å². The second-order valence-electron chi connectivity index (χ2n) is 11.5. The number of sulfonamides is 1. The van der Waals surface area contributed by atoms with Crippen molar-refractivity contribution >= 4 is 38.3 Å². The maximum Gasteiger partial charge on any atom is 0.409 e. The van der Waals surface area contributed by atoms with E-state index in [1.807, 2.05) is 42.5 Å². The van der Waals surface area contributed by atoms with Gasteiger partial charge in [-0.15, -0.1) is 0 Å². The molecule has 45 heavy (non-hydrogen) atoms. The predicted molar refractivity (Wildman–Crippen MR) is 175 cm³/mol. The third-order valence-electron chi connectivity index (χ3n) is 7.70. The first-order valence-corrected chi connectivity index (χ1v) is 16.2. The van der Waals surface area contributed by atoms with E-state index in [2.05, 4.69) is 9.71 Å². The first kappa shape index (κ1) is 33.7. The number of benzene rings is 3. The second-order valence-corrected chi connectivity index (χ2v) is 13.1. The third-order valence-corrected chi connectivity index (χ3v) is 9.14. The molecule has 0 spiro atoms. The standard InChI is InChI=1S/C23H25N3O5S.C10H16N2O/c1-23(2)26(22(27)28)19(15-31-23)11-8-16-6-9-18(10-7-16)25-32(29,30)21-5-3-4-17-14-24-13-12-20(17)21;11-9-4-1-8(2-5-9)3-6-10(12)7-13/h3-7,9-10,12-14,19,25H,8,11,15H2,1-2H3,(H,27,28);1-2,4-5,10,13H,3,6-7,11-12H2/t19-;10-/m00/s1. The highest BCUT2D eigenvalue weighted by Crippen LogP contribution is 2.30. The molecule has 5 rings (SSSR count). The number of pyridine rings is 1. The molecule has 240 valence electrons. The summed E-state index contributed by atoms with van der Waals surface area (Å²) in [5, 5.41) is 19.6. The van der Waals surface area contributed by atoms with Crippen LogP contribution in [0.5, 0.6) is 0 Å². The average molecular weight is 636 g/mol. The summed E-state index contributed by atoms with van der Waals surface area (Å²) in [5.74, 6) is 0. The molecule has 3 aromatic carbocycles. The number of aliphatic hydroxyl groups excluding tert-OH is 1. The number of nitrogen functional groups attached to an aromatic ring is 1. The predicted octanol–water partition coefficient (Wildman–Crippen LogP) is 4.60. The largest absolute Gasteiger partial charge is 0.465 e. The van der Waals surface area contributed by atoms with E-state index in [1.165, 1.54) is 10.5 Å². The number of hydrogen-bond acceptors (Lipinski definition) is 8. The van der Waals surface area contributed by atoms with E-state index in [9.17, 15) is 18.3 Å². The monoisotopic (exact) mass is 635 g/mol. The van der Waals surface area contributed by atoms with Gasteiger partial charge < -0.3 is 26.4 Å². The van der Waals surface area contributed by atoms with Crippen molar-refractivity contribution in [1.29, 1.82) is 0 Å². The number of ether oxygens (including phenoxy) is 1. The van der Waals surface area contributed by atoms with Gasteiger partial charge in [0.25, 0.3) is 10.0 Å². The number of rotatable bonds is 10. The van der Waals surface area contributed by atoms with Gasteiger partial charge in [0, 0.05) is 40.6 Å². The lowest BCUT2D eigenvalue weighted by Crippen LogP contribution is -2.47. The van der Waals surface area contributed by atoms with E-state index in [0.717, 1.165) is 29.5 Å². The van der Waals surface area contributed by atoms with Gasteiger partial charge >= 0.3 is 6.09 Å². The highest BCUT2D eigenvalue weighted by molar-refractivity contribution is 7.93. The number of anilines is 2. The van der Waals surface area contributed by atoms with E-state index in [0.29, 0.717) is 30.5 Å². The van der Waals surface area contributed by atoms with Crippen LogP contribution in [-0.4, -0.2) is 65.6 Å². The summed E-state index contributed by atoms with van der Waals surface area (Å²) in [6, 6.07) is 21.3. The number of hydrogen-bond donors (Lipinski definition) is 5. The topological polar surface area (TPSA) is 181 Å². The minimum absolute atomic E-state index is 0.0506. The summed E-state index contributed by atoms with van der Waals surface area (Å²) in [5.41, 5.74) is 13.7. The Morgan fingerprint density at radius 1 is 1.07 bits per heavy atom. The molecule has 1 aliphatic rings. The Morgan fingerprint density at radius 2 is 1.73 bits per heavy atom. The normalized spacial score (nSPS) is 16.5. The molecule has 0 bridgehead atoms. The number of amides is 1. The molecule has 1 fully saturated rings. The summed E-state index contributed by atoms with van der Waals surface area (Å²) < 4.78 is 34.2. The number of carbonyl (C=O) groups is 1. The maximum absolute atomic E-state index is 13.0. The first-order valence-electron chi connectivity index (χ1n) is 14.7. The Balaban J connectivity index is 0.000000297. The van der Waals surface area contributed by atoms with Crippen LogP contribution in [0.4, 0.5) is 16.2 Å². The molecule has 1 saturated heterocycles. The number of aryl methyl sites for hydroxylation is 2. The molecule has 0 aliphatic carbocycles. The van der Waals surface area contributed by atoms with Gasteiger partial charge in [-0.05, 0) is 87.1 Å². The van der Waals surface area contributed by atoms with E-state index in [1.54, 1.807) is 56.6 Å². The van der Waals surface area contributed by atoms with Crippen molar-refractivity contribution in [1.82, 2.24) is 9.88 Å². The van der Waals surface area contributed by atoms with Crippen LogP contribution >= 0.6 is 0 Å². The smallest absolute Gasteiger partial charge is 0.409 e. The molecule has 0 saturated carbocycles. The second kappa shape index (κ2) is 14.7. The average Bonchev–Trinajstić information content (AvgIpc) is 3.34. The van der Waals surface area contributed by atoms with Crippen LogP contribution in [0.1, 0.15) is 37.8 Å². The van der Waals surface area contributed by atoms with Gasteiger partial charge in [-0.25, -0.2) is 13.2 Å². The van der Waals surface area contributed by atoms with Crippen LogP contribution in [0.2, 0.25) is 0 Å². The maximum atomic E-state index is 13.0. The molecule has 2 atom stereocenters. The third kappa shape index (κ3) is 8.92. The molecule has 12 heteroatoms. The summed E-state index contributed by atoms with van der Waals surface area (Å²) >= 11 is 0. The van der Waals surface area contributed by atoms with Crippen molar-refractivity contribution in [3.05, 3.63) is 96.3 Å². The van der Waals surface area contributed by atoms with E-state index in [-0.39, 0.29) is 23.6 Å². The lowest BCUT2D eigenvalue weighted by atomic mass is 10.0. The summed E-state index contributed by atoms with van der Waals surface area (Å²) in [6.45, 7) is 3.90. The van der Waals surface area contributed by atoms with E-state index >= 15 is 0 Å². The summed E-state index contributed by atoms with van der Waals surface area (Å²) in [6.07, 6.45) is 5.17. The molecule has 1 amide bonds. The van der Waals surface area contributed by atoms with Gasteiger partial charge in [0.2, 0.25) is 0 Å². The van der Waals surface area contributed by atoms with Gasteiger partial charge in [0.05, 0.1) is 24.2 Å². The Morgan fingerprint density at radius 3 is 2.40 bits per heavy atom. The number of nitrogens with zero attached hydrogens (tertiary/aromatic N) is 2. The van der Waals surface area contributed by atoms with Crippen molar-refractivity contribution < 1.29 is 28.2 Å². The Hall–Kier alpha value is -4.23. The van der Waals surface area contributed by atoms with Crippen LogP contribution in [0, 0.1) is 0 Å². The number of nitrogens with two attached hydrogens (primary N) is 2. The number of aromatic nitrogens is 1. The zero-order chi connectivity index (χ0) is 32.6. The fraction of sp³-hybridized carbons (Fsp3) is 0.333. The van der Waals surface area contributed by atoms with Crippen molar-refractivity contribution in [2.24, 2.45) is 5.73 Å². The van der Waals surface area contributed by atoms with Crippen molar-refractivity contribution in [3.8, 4) is 0 Å². The van der Waals surface area contributed by atoms with Crippen LogP contribution in [-0.2, 0) is 27.6 Å². The van der Waals surface area contributed by atoms with Gasteiger partial charge in [0.1, 0.15) is 5.72 Å². The van der Waals surface area contributed by atoms with Crippen LogP contribution in [0.15, 0.2) is 90.1 Å². The fourth-order valence-electron chi connectivity index (χ4n) is 5.22. The van der Waals surface area contributed by atoms with E-state index < -0.39 is 21.8 Å². The molecule has 7 N–H and O–H groups in total. The van der Waals surface area contributed by atoms with E-state index in [4.69, 9.17) is 21.3 Å². The van der Waals surface area contributed by atoms with Crippen molar-refractivity contribution in [2.45, 2.75) is 62.2 Å². The molecular formula is C33H41N5O6S. The lowest BCUT2D eigenvalue weighted by Gasteiger charge is -2.31. The van der Waals surface area contributed by atoms with Gasteiger partial charge in [-0.1, -0.05) is 36.4 Å². The molecule has 2 heterocycles. The Bertz CT molecular complexity index is 1680. The quantitative estimate of drug-likeness (QED) is 0.156. The molecule has 1 aromatic heterocycles. The highest BCUT2D eigenvalue weighted by Gasteiger charge is 2.43. The number of nitrogens with one attached hydrogen (secondary N) is 1. The summed E-state index contributed by atoms with van der Waals surface area (Å²) in [4.78, 5) is 17.2. The Kier molecular flexibility index (Phi) is 11.0. The van der Waals surface area contributed by atoms with Crippen LogP contribution < -0.4 is 16.2 Å². The highest BCUT2D eigenvalue weighted by atomic mass is 32.2. The zero-order valence-electron chi connectivity index (χ0n) is 25.5. The number of aliphatic hydroxyl groups is 1. The van der Waals surface area contributed by atoms with Crippen LogP contribution in [0.3, 0.4) is 0 Å². The summed E-state index contributed by atoms with van der Waals surface area (Å²) in [7, 11) is -3.77. The molecule has 0 unspecified atom stereocenters. The number of fused-ring (bicyclic) bond motifs is 1. The minimum Gasteiger partial charge on any atom is -0.465 e. The van der Waals surface area contributed by atoms with Gasteiger partial charge in [-0.2, -0.15) is 0 Å². The fourth-order valence-corrected chi connectivity index (χ4v) is 6.51. The molecule has 0 radical (unpaired) electrons. The zero-order valence-corrected chi connectivity index (χ0v) is 26.3. The minimum atomic E-state index is -3.77. The molecule has 4 aromatic rings. The van der Waals surface area contributed by atoms with Crippen LogP contribution in [0.25, 0.3) is 10.8 Å².